The standard InChI is InChI=1S/C13H13N3O2/c17-13(16-7-3-4-8-18-16)12-9-14-10-5-1-2-6-11(10)15-12/h1-2,5-6,9H,3-4,7-8H2. The van der Waals surface area contributed by atoms with Gasteiger partial charge in [0.2, 0.25) is 0 Å². The number of benzene rings is 1. The predicted octanol–water partition coefficient (Wildman–Crippen LogP) is 1.80. The number of carbonyl (C=O) groups excluding carboxylic acids is 1. The molecule has 0 atom stereocenters. The molecule has 5 heteroatoms. The molecule has 92 valence electrons. The molecule has 0 aliphatic carbocycles. The van der Waals surface area contributed by atoms with E-state index in [0.717, 1.165) is 23.9 Å². The number of carbonyl (C=O) groups is 1. The zero-order valence-electron chi connectivity index (χ0n) is 9.87. The van der Waals surface area contributed by atoms with Gasteiger partial charge >= 0.3 is 0 Å². The van der Waals surface area contributed by atoms with E-state index in [1.54, 1.807) is 0 Å². The number of rotatable bonds is 1. The minimum atomic E-state index is -0.215. The van der Waals surface area contributed by atoms with Crippen LogP contribution >= 0.6 is 0 Å². The number of para-hydroxylation sites is 2. The Balaban J connectivity index is 1.91. The van der Waals surface area contributed by atoms with Gasteiger partial charge in [0.1, 0.15) is 5.69 Å². The van der Waals surface area contributed by atoms with Crippen molar-refractivity contribution in [3.05, 3.63) is 36.2 Å². The van der Waals surface area contributed by atoms with Gasteiger partial charge in [0.05, 0.1) is 23.8 Å². The Kier molecular flexibility index (Phi) is 2.90. The van der Waals surface area contributed by atoms with Gasteiger partial charge in [0, 0.05) is 6.54 Å². The van der Waals surface area contributed by atoms with Crippen LogP contribution in [0.5, 0.6) is 0 Å². The molecule has 0 bridgehead atoms. The minimum Gasteiger partial charge on any atom is -0.271 e. The second-order valence-corrected chi connectivity index (χ2v) is 4.19. The maximum Gasteiger partial charge on any atom is 0.297 e. The Bertz CT molecular complexity index is 579. The molecular weight excluding hydrogens is 230 g/mol. The quantitative estimate of drug-likeness (QED) is 0.766. The SMILES string of the molecule is O=C(c1cnc2ccccc2n1)N1CCCCO1. The van der Waals surface area contributed by atoms with E-state index in [9.17, 15) is 4.79 Å². The Morgan fingerprint density at radius 1 is 1.22 bits per heavy atom. The van der Waals surface area contributed by atoms with E-state index in [0.29, 0.717) is 18.8 Å². The Hall–Kier alpha value is -2.01. The van der Waals surface area contributed by atoms with Crippen molar-refractivity contribution >= 4 is 16.9 Å². The minimum absolute atomic E-state index is 0.215. The van der Waals surface area contributed by atoms with E-state index in [2.05, 4.69) is 9.97 Å². The van der Waals surface area contributed by atoms with Crippen molar-refractivity contribution in [3.63, 3.8) is 0 Å². The second kappa shape index (κ2) is 4.70. The molecule has 3 rings (SSSR count). The molecule has 2 heterocycles. The lowest BCUT2D eigenvalue weighted by Gasteiger charge is -2.25. The molecule has 1 fully saturated rings. The van der Waals surface area contributed by atoms with Crippen LogP contribution in [0.2, 0.25) is 0 Å². The van der Waals surface area contributed by atoms with Crippen molar-refractivity contribution in [3.8, 4) is 0 Å². The smallest absolute Gasteiger partial charge is 0.271 e. The lowest BCUT2D eigenvalue weighted by atomic mass is 10.2. The first-order valence-electron chi connectivity index (χ1n) is 6.01. The summed E-state index contributed by atoms with van der Waals surface area (Å²) in [6, 6.07) is 7.49. The number of fused-ring (bicyclic) bond motifs is 1. The highest BCUT2D eigenvalue weighted by Crippen LogP contribution is 2.13. The molecule has 0 unspecified atom stereocenters. The summed E-state index contributed by atoms with van der Waals surface area (Å²) < 4.78 is 0. The fourth-order valence-electron chi connectivity index (χ4n) is 1.94. The molecule has 1 saturated heterocycles. The van der Waals surface area contributed by atoms with Crippen LogP contribution in [0.3, 0.4) is 0 Å². The molecule has 1 aliphatic rings. The van der Waals surface area contributed by atoms with Crippen LogP contribution in [-0.2, 0) is 4.84 Å². The van der Waals surface area contributed by atoms with Crippen LogP contribution in [0.4, 0.5) is 0 Å². The molecule has 2 aromatic rings. The number of hydrogen-bond donors (Lipinski definition) is 0. The van der Waals surface area contributed by atoms with Crippen LogP contribution in [0.1, 0.15) is 23.3 Å². The van der Waals surface area contributed by atoms with Gasteiger partial charge < -0.3 is 0 Å². The third kappa shape index (κ3) is 2.04. The van der Waals surface area contributed by atoms with Gasteiger partial charge in [0.15, 0.2) is 0 Å². The zero-order chi connectivity index (χ0) is 12.4. The summed E-state index contributed by atoms with van der Waals surface area (Å²) in [5.41, 5.74) is 1.84. The molecule has 1 aromatic carbocycles. The zero-order valence-corrected chi connectivity index (χ0v) is 9.87. The Morgan fingerprint density at radius 3 is 2.83 bits per heavy atom. The van der Waals surface area contributed by atoms with Gasteiger partial charge in [-0.1, -0.05) is 12.1 Å². The third-order valence-corrected chi connectivity index (χ3v) is 2.90. The van der Waals surface area contributed by atoms with Crippen LogP contribution < -0.4 is 0 Å². The summed E-state index contributed by atoms with van der Waals surface area (Å²) >= 11 is 0. The highest BCUT2D eigenvalue weighted by atomic mass is 16.7. The van der Waals surface area contributed by atoms with Crippen molar-refractivity contribution in [2.24, 2.45) is 0 Å². The van der Waals surface area contributed by atoms with Gasteiger partial charge in [0.25, 0.3) is 5.91 Å². The number of nitrogens with zero attached hydrogens (tertiary/aromatic N) is 3. The summed E-state index contributed by atoms with van der Waals surface area (Å²) in [6.07, 6.45) is 3.46. The largest absolute Gasteiger partial charge is 0.297 e. The van der Waals surface area contributed by atoms with Crippen molar-refractivity contribution < 1.29 is 9.63 Å². The van der Waals surface area contributed by atoms with Crippen LogP contribution in [0.25, 0.3) is 11.0 Å². The fourth-order valence-corrected chi connectivity index (χ4v) is 1.94. The Morgan fingerprint density at radius 2 is 2.06 bits per heavy atom. The van der Waals surface area contributed by atoms with Crippen LogP contribution in [0.15, 0.2) is 30.5 Å². The number of amides is 1. The molecular formula is C13H13N3O2. The number of aromatic nitrogens is 2. The van der Waals surface area contributed by atoms with Crippen LogP contribution in [0, 0.1) is 0 Å². The Labute approximate surface area is 104 Å². The number of hydroxylamine groups is 2. The van der Waals surface area contributed by atoms with E-state index < -0.39 is 0 Å². The van der Waals surface area contributed by atoms with Gasteiger partial charge in [-0.2, -0.15) is 0 Å². The van der Waals surface area contributed by atoms with Crippen LogP contribution in [-0.4, -0.2) is 34.1 Å². The molecule has 5 nitrogen and oxygen atoms in total. The van der Waals surface area contributed by atoms with E-state index in [-0.39, 0.29) is 5.91 Å². The van der Waals surface area contributed by atoms with Crippen molar-refractivity contribution in [2.75, 3.05) is 13.2 Å². The molecule has 1 amide bonds. The third-order valence-electron chi connectivity index (χ3n) is 2.90. The lowest BCUT2D eigenvalue weighted by molar-refractivity contribution is -0.144. The monoisotopic (exact) mass is 243 g/mol. The number of hydrogen-bond acceptors (Lipinski definition) is 4. The van der Waals surface area contributed by atoms with Gasteiger partial charge in [-0.25, -0.2) is 10.0 Å². The second-order valence-electron chi connectivity index (χ2n) is 4.19. The normalized spacial score (nSPS) is 15.9. The molecule has 0 N–H and O–H groups in total. The average molecular weight is 243 g/mol. The summed E-state index contributed by atoms with van der Waals surface area (Å²) in [7, 11) is 0. The van der Waals surface area contributed by atoms with Crippen molar-refractivity contribution in [1.82, 2.24) is 15.0 Å². The fraction of sp³-hybridized carbons (Fsp3) is 0.308. The van der Waals surface area contributed by atoms with E-state index >= 15 is 0 Å². The van der Waals surface area contributed by atoms with E-state index in [1.807, 2.05) is 24.3 Å². The lowest BCUT2D eigenvalue weighted by Crippen LogP contribution is -2.36. The first-order chi connectivity index (χ1) is 8.84. The van der Waals surface area contributed by atoms with E-state index in [1.165, 1.54) is 11.3 Å². The molecule has 0 saturated carbocycles. The van der Waals surface area contributed by atoms with Gasteiger partial charge in [-0.15, -0.1) is 0 Å². The van der Waals surface area contributed by atoms with Crippen molar-refractivity contribution in [1.29, 1.82) is 0 Å². The van der Waals surface area contributed by atoms with E-state index in [4.69, 9.17) is 4.84 Å². The van der Waals surface area contributed by atoms with Gasteiger partial charge in [-0.3, -0.25) is 14.6 Å². The molecule has 1 aromatic heterocycles. The molecule has 18 heavy (non-hydrogen) atoms. The van der Waals surface area contributed by atoms with Gasteiger partial charge in [-0.05, 0) is 25.0 Å². The first kappa shape index (κ1) is 11.1. The summed E-state index contributed by atoms with van der Waals surface area (Å²) in [5.74, 6) is -0.215. The molecule has 0 radical (unpaired) electrons. The summed E-state index contributed by atoms with van der Waals surface area (Å²) in [6.45, 7) is 1.21. The molecule has 1 aliphatic heterocycles. The highest BCUT2D eigenvalue weighted by Gasteiger charge is 2.21. The topological polar surface area (TPSA) is 55.3 Å². The summed E-state index contributed by atoms with van der Waals surface area (Å²) in [4.78, 5) is 26.0. The predicted molar refractivity (Wildman–Crippen MR) is 65.8 cm³/mol. The molecule has 0 spiro atoms. The van der Waals surface area contributed by atoms with Crippen molar-refractivity contribution in [2.45, 2.75) is 12.8 Å². The maximum absolute atomic E-state index is 12.1. The first-order valence-corrected chi connectivity index (χ1v) is 6.01. The maximum atomic E-state index is 12.1. The average Bonchev–Trinajstić information content (AvgIpc) is 2.47. The summed E-state index contributed by atoms with van der Waals surface area (Å²) in [5, 5.41) is 1.38. The highest BCUT2D eigenvalue weighted by molar-refractivity contribution is 5.93.